The van der Waals surface area contributed by atoms with Crippen LogP contribution in [0.1, 0.15) is 5.56 Å². The van der Waals surface area contributed by atoms with Crippen molar-refractivity contribution in [3.8, 4) is 11.8 Å². The summed E-state index contributed by atoms with van der Waals surface area (Å²) < 4.78 is 28.3. The van der Waals surface area contributed by atoms with Gasteiger partial charge in [-0.25, -0.2) is 13.1 Å². The third-order valence-corrected chi connectivity index (χ3v) is 3.96. The molecule has 2 rings (SSSR count). The van der Waals surface area contributed by atoms with Crippen molar-refractivity contribution in [3.63, 3.8) is 0 Å². The van der Waals surface area contributed by atoms with Gasteiger partial charge in [-0.3, -0.25) is 9.67 Å². The van der Waals surface area contributed by atoms with E-state index in [1.807, 2.05) is 0 Å². The minimum absolute atomic E-state index is 0.0349. The number of aliphatic hydroxyl groups excluding tert-OH is 1. The van der Waals surface area contributed by atoms with Gasteiger partial charge in [-0.05, 0) is 12.1 Å². The van der Waals surface area contributed by atoms with E-state index in [9.17, 15) is 8.42 Å². The number of sulfonamides is 1. The van der Waals surface area contributed by atoms with Crippen molar-refractivity contribution < 1.29 is 13.5 Å². The van der Waals surface area contributed by atoms with Crippen LogP contribution in [0.5, 0.6) is 0 Å². The van der Waals surface area contributed by atoms with Crippen molar-refractivity contribution in [1.29, 1.82) is 0 Å². The topological polar surface area (TPSA) is 97.1 Å². The fraction of sp³-hybridized carbons (Fsp3) is 0.231. The number of hydrogen-bond donors (Lipinski definition) is 2. The molecule has 0 radical (unpaired) electrons. The van der Waals surface area contributed by atoms with Gasteiger partial charge in [0.2, 0.25) is 10.0 Å². The predicted octanol–water partition coefficient (Wildman–Crippen LogP) is -0.400. The average molecular weight is 306 g/mol. The van der Waals surface area contributed by atoms with Crippen LogP contribution in [0.2, 0.25) is 0 Å². The number of aromatic nitrogens is 3. The summed E-state index contributed by atoms with van der Waals surface area (Å²) in [6.07, 6.45) is 6.06. The molecule has 0 amide bonds. The van der Waals surface area contributed by atoms with E-state index in [2.05, 4.69) is 26.6 Å². The maximum atomic E-state index is 12.1. The largest absolute Gasteiger partial charge is 0.384 e. The quantitative estimate of drug-likeness (QED) is 0.733. The summed E-state index contributed by atoms with van der Waals surface area (Å²) >= 11 is 0. The van der Waals surface area contributed by atoms with Crippen LogP contribution in [0.4, 0.5) is 0 Å². The van der Waals surface area contributed by atoms with E-state index in [4.69, 9.17) is 5.11 Å². The van der Waals surface area contributed by atoms with Crippen molar-refractivity contribution in [2.75, 3.05) is 13.2 Å². The molecule has 2 aromatic rings. The number of hydrogen-bond acceptors (Lipinski definition) is 5. The molecule has 0 aromatic carbocycles. The molecule has 110 valence electrons. The van der Waals surface area contributed by atoms with Crippen LogP contribution in [-0.2, 0) is 16.6 Å². The molecule has 0 aliphatic heterocycles. The first-order valence-electron chi connectivity index (χ1n) is 6.14. The van der Waals surface area contributed by atoms with Crippen molar-refractivity contribution in [1.82, 2.24) is 19.5 Å². The molecule has 0 aliphatic rings. The summed E-state index contributed by atoms with van der Waals surface area (Å²) in [6, 6.07) is 3.17. The van der Waals surface area contributed by atoms with Gasteiger partial charge >= 0.3 is 0 Å². The van der Waals surface area contributed by atoms with Crippen LogP contribution in [0.3, 0.4) is 0 Å². The molecule has 2 heterocycles. The second-order valence-electron chi connectivity index (χ2n) is 4.04. The van der Waals surface area contributed by atoms with Gasteiger partial charge in [0.1, 0.15) is 11.5 Å². The summed E-state index contributed by atoms with van der Waals surface area (Å²) in [5, 5.41) is 12.6. The molecule has 0 saturated heterocycles. The molecule has 0 bridgehead atoms. The number of pyridine rings is 1. The summed E-state index contributed by atoms with van der Waals surface area (Å²) in [6.45, 7) is 0.360. The first-order valence-corrected chi connectivity index (χ1v) is 7.62. The molecule has 0 atom stereocenters. The lowest BCUT2D eigenvalue weighted by Gasteiger charge is -2.06. The third-order valence-electron chi connectivity index (χ3n) is 2.53. The molecule has 2 N–H and O–H groups in total. The minimum Gasteiger partial charge on any atom is -0.384 e. The van der Waals surface area contributed by atoms with Gasteiger partial charge in [0.15, 0.2) is 0 Å². The van der Waals surface area contributed by atoms with Crippen molar-refractivity contribution >= 4 is 10.0 Å². The zero-order valence-electron chi connectivity index (χ0n) is 11.1. The highest BCUT2D eigenvalue weighted by atomic mass is 32.2. The molecule has 0 spiro atoms. The van der Waals surface area contributed by atoms with Crippen molar-refractivity contribution in [3.05, 3.63) is 42.5 Å². The number of nitrogens with one attached hydrogen (secondary N) is 1. The van der Waals surface area contributed by atoms with Gasteiger partial charge in [0.25, 0.3) is 0 Å². The zero-order valence-corrected chi connectivity index (χ0v) is 11.9. The number of nitrogens with zero attached hydrogens (tertiary/aromatic N) is 3. The summed E-state index contributed by atoms with van der Waals surface area (Å²) in [4.78, 5) is 3.88. The Bertz CT molecular complexity index is 745. The van der Waals surface area contributed by atoms with Gasteiger partial charge in [-0.1, -0.05) is 11.8 Å². The van der Waals surface area contributed by atoms with E-state index < -0.39 is 10.0 Å². The molecule has 21 heavy (non-hydrogen) atoms. The first-order chi connectivity index (χ1) is 10.1. The van der Waals surface area contributed by atoms with Crippen LogP contribution in [0, 0.1) is 11.8 Å². The molecule has 0 aliphatic carbocycles. The molecule has 0 saturated carbocycles. The Hall–Kier alpha value is -2.21. The fourth-order valence-electron chi connectivity index (χ4n) is 1.59. The Labute approximate surface area is 122 Å². The van der Waals surface area contributed by atoms with Crippen molar-refractivity contribution in [2.45, 2.75) is 11.4 Å². The van der Waals surface area contributed by atoms with Crippen LogP contribution >= 0.6 is 0 Å². The predicted molar refractivity (Wildman–Crippen MR) is 75.6 cm³/mol. The zero-order chi connectivity index (χ0) is 15.1. The van der Waals surface area contributed by atoms with Gasteiger partial charge in [-0.2, -0.15) is 5.10 Å². The van der Waals surface area contributed by atoms with E-state index in [0.717, 1.165) is 0 Å². The molecule has 0 fully saturated rings. The summed E-state index contributed by atoms with van der Waals surface area (Å²) in [7, 11) is -3.64. The highest BCUT2D eigenvalue weighted by Crippen LogP contribution is 2.08. The Morgan fingerprint density at radius 3 is 2.95 bits per heavy atom. The first kappa shape index (κ1) is 15.2. The van der Waals surface area contributed by atoms with Crippen LogP contribution < -0.4 is 4.72 Å². The third kappa shape index (κ3) is 4.39. The van der Waals surface area contributed by atoms with E-state index >= 15 is 0 Å². The Balaban J connectivity index is 2.04. The molecule has 7 nitrogen and oxygen atoms in total. The SMILES string of the molecule is O=S(=O)(NCCn1cccn1)c1cncc(C#CCO)c1. The lowest BCUT2D eigenvalue weighted by Crippen LogP contribution is -2.27. The highest BCUT2D eigenvalue weighted by Gasteiger charge is 2.14. The van der Waals surface area contributed by atoms with E-state index in [0.29, 0.717) is 12.1 Å². The standard InChI is InChI=1S/C13H14N4O3S/c18-8-1-3-12-9-13(11-14-10-12)21(19,20)16-5-7-17-6-2-4-15-17/h2,4,6,9-11,16,18H,5,7-8H2. The molecular formula is C13H14N4O3S. The van der Waals surface area contributed by atoms with Crippen molar-refractivity contribution in [2.24, 2.45) is 0 Å². The maximum Gasteiger partial charge on any atom is 0.242 e. The molecule has 0 unspecified atom stereocenters. The second-order valence-corrected chi connectivity index (χ2v) is 5.80. The molecule has 8 heteroatoms. The Morgan fingerprint density at radius 2 is 2.24 bits per heavy atom. The van der Waals surface area contributed by atoms with E-state index in [1.165, 1.54) is 18.5 Å². The summed E-state index contributed by atoms with van der Waals surface area (Å²) in [5.74, 6) is 5.06. The summed E-state index contributed by atoms with van der Waals surface area (Å²) in [5.41, 5.74) is 0.430. The second kappa shape index (κ2) is 6.99. The molecule has 2 aromatic heterocycles. The van der Waals surface area contributed by atoms with E-state index in [-0.39, 0.29) is 18.0 Å². The highest BCUT2D eigenvalue weighted by molar-refractivity contribution is 7.89. The van der Waals surface area contributed by atoms with Gasteiger partial charge < -0.3 is 5.11 Å². The maximum absolute atomic E-state index is 12.1. The smallest absolute Gasteiger partial charge is 0.242 e. The average Bonchev–Trinajstić information content (AvgIpc) is 2.98. The fourth-order valence-corrected chi connectivity index (χ4v) is 2.59. The number of rotatable bonds is 5. The van der Waals surface area contributed by atoms with Crippen LogP contribution in [0.15, 0.2) is 41.8 Å². The van der Waals surface area contributed by atoms with E-state index in [1.54, 1.807) is 23.1 Å². The normalized spacial score (nSPS) is 10.9. The van der Waals surface area contributed by atoms with Crippen LogP contribution in [0.25, 0.3) is 0 Å². The monoisotopic (exact) mass is 306 g/mol. The van der Waals surface area contributed by atoms with Gasteiger partial charge in [0.05, 0.1) is 6.54 Å². The minimum atomic E-state index is -3.64. The van der Waals surface area contributed by atoms with Crippen LogP contribution in [-0.4, -0.2) is 41.4 Å². The molecular weight excluding hydrogens is 292 g/mol. The Morgan fingerprint density at radius 1 is 1.38 bits per heavy atom. The van der Waals surface area contributed by atoms with Gasteiger partial charge in [0, 0.05) is 36.9 Å². The Kier molecular flexibility index (Phi) is 5.05. The lowest BCUT2D eigenvalue weighted by molar-refractivity contribution is 0.350. The van der Waals surface area contributed by atoms with Gasteiger partial charge in [-0.15, -0.1) is 0 Å². The lowest BCUT2D eigenvalue weighted by atomic mass is 10.3. The number of aliphatic hydroxyl groups is 1.